The second kappa shape index (κ2) is 6.16. The number of aromatic nitrogens is 2. The third-order valence-electron chi connectivity index (χ3n) is 1.82. The van der Waals surface area contributed by atoms with Gasteiger partial charge in [0, 0.05) is 26.1 Å². The van der Waals surface area contributed by atoms with Gasteiger partial charge in [0.25, 0.3) is 0 Å². The molecule has 0 aromatic carbocycles. The number of hydrogen-bond donors (Lipinski definition) is 3. The fraction of sp³-hybridized carbons (Fsp3) is 0.444. The molecule has 1 heterocycles. The number of nitrogens with one attached hydrogen (secondary N) is 2. The first kappa shape index (κ1) is 12.6. The molecular weight excluding hydrogens is 226 g/mol. The van der Waals surface area contributed by atoms with Gasteiger partial charge in [-0.3, -0.25) is 4.79 Å². The van der Waals surface area contributed by atoms with E-state index in [2.05, 4.69) is 20.6 Å². The highest BCUT2D eigenvalue weighted by Crippen LogP contribution is 2.16. The van der Waals surface area contributed by atoms with E-state index in [9.17, 15) is 4.79 Å². The van der Waals surface area contributed by atoms with Crippen LogP contribution in [-0.4, -0.2) is 35.7 Å². The summed E-state index contributed by atoms with van der Waals surface area (Å²) < 4.78 is 0. The Labute approximate surface area is 98.4 Å². The maximum atomic E-state index is 10.6. The number of rotatable bonds is 6. The number of anilines is 2. The van der Waals surface area contributed by atoms with E-state index >= 15 is 0 Å². The number of primary amides is 1. The summed E-state index contributed by atoms with van der Waals surface area (Å²) >= 11 is 1.46. The van der Waals surface area contributed by atoms with E-state index < -0.39 is 0 Å². The van der Waals surface area contributed by atoms with E-state index in [1.54, 1.807) is 13.1 Å². The Morgan fingerprint density at radius 1 is 1.50 bits per heavy atom. The molecule has 0 unspecified atom stereocenters. The van der Waals surface area contributed by atoms with Crippen molar-refractivity contribution in [3.05, 3.63) is 6.07 Å². The van der Waals surface area contributed by atoms with Crippen LogP contribution in [0.5, 0.6) is 0 Å². The smallest absolute Gasteiger partial charge is 0.219 e. The zero-order valence-corrected chi connectivity index (χ0v) is 10.1. The lowest BCUT2D eigenvalue weighted by Crippen LogP contribution is -2.16. The van der Waals surface area contributed by atoms with Crippen LogP contribution in [0.25, 0.3) is 0 Å². The van der Waals surface area contributed by atoms with Crippen LogP contribution in [-0.2, 0) is 4.79 Å². The van der Waals surface area contributed by atoms with Crippen LogP contribution < -0.4 is 16.4 Å². The molecule has 7 heteroatoms. The summed E-state index contributed by atoms with van der Waals surface area (Å²) in [7, 11) is 1.79. The van der Waals surface area contributed by atoms with E-state index in [1.807, 2.05) is 6.26 Å². The van der Waals surface area contributed by atoms with Crippen LogP contribution in [0, 0.1) is 0 Å². The Bertz CT molecular complexity index is 349. The molecule has 88 valence electrons. The molecule has 4 N–H and O–H groups in total. The molecule has 0 fully saturated rings. The van der Waals surface area contributed by atoms with Crippen molar-refractivity contribution in [2.45, 2.75) is 11.6 Å². The van der Waals surface area contributed by atoms with Gasteiger partial charge in [0.2, 0.25) is 5.91 Å². The molecule has 0 saturated carbocycles. The van der Waals surface area contributed by atoms with Gasteiger partial charge in [0.1, 0.15) is 11.6 Å². The van der Waals surface area contributed by atoms with Gasteiger partial charge >= 0.3 is 0 Å². The van der Waals surface area contributed by atoms with Crippen LogP contribution in [0.3, 0.4) is 0 Å². The largest absolute Gasteiger partial charge is 0.373 e. The lowest BCUT2D eigenvalue weighted by molar-refractivity contribution is -0.117. The standard InChI is InChI=1S/C9H15N5OS/c1-11-7-5-8(12-4-3-6(10)15)14-9(13-7)16-2/h5H,3-4H2,1-2H3,(H2,10,15)(H2,11,12,13,14). The van der Waals surface area contributed by atoms with Gasteiger partial charge in [0.05, 0.1) is 0 Å². The first-order valence-electron chi connectivity index (χ1n) is 4.78. The number of amides is 1. The second-order valence-electron chi connectivity index (χ2n) is 3.02. The summed E-state index contributed by atoms with van der Waals surface area (Å²) in [6.45, 7) is 0.476. The number of thioether (sulfide) groups is 1. The number of nitrogens with zero attached hydrogens (tertiary/aromatic N) is 2. The Kier molecular flexibility index (Phi) is 4.84. The molecule has 1 aromatic rings. The molecule has 0 bridgehead atoms. The SMILES string of the molecule is CNc1cc(NCCC(N)=O)nc(SC)n1. The van der Waals surface area contributed by atoms with E-state index in [-0.39, 0.29) is 12.3 Å². The predicted octanol–water partition coefficient (Wildman–Crippen LogP) is 0.527. The zero-order valence-electron chi connectivity index (χ0n) is 9.28. The number of nitrogens with two attached hydrogens (primary N) is 1. The molecular formula is C9H15N5OS. The second-order valence-corrected chi connectivity index (χ2v) is 3.79. The highest BCUT2D eigenvalue weighted by molar-refractivity contribution is 7.98. The summed E-state index contributed by atoms with van der Waals surface area (Å²) in [5.41, 5.74) is 5.04. The molecule has 0 aliphatic carbocycles. The Morgan fingerprint density at radius 3 is 2.75 bits per heavy atom. The summed E-state index contributed by atoms with van der Waals surface area (Å²) in [6, 6.07) is 1.78. The zero-order chi connectivity index (χ0) is 12.0. The van der Waals surface area contributed by atoms with Crippen molar-refractivity contribution in [1.82, 2.24) is 9.97 Å². The minimum Gasteiger partial charge on any atom is -0.373 e. The third kappa shape index (κ3) is 3.93. The maximum Gasteiger partial charge on any atom is 0.219 e. The van der Waals surface area contributed by atoms with Crippen molar-refractivity contribution in [1.29, 1.82) is 0 Å². The third-order valence-corrected chi connectivity index (χ3v) is 2.37. The topological polar surface area (TPSA) is 92.9 Å². The molecule has 0 atom stereocenters. The summed E-state index contributed by atoms with van der Waals surface area (Å²) in [5.74, 6) is 1.09. The predicted molar refractivity (Wildman–Crippen MR) is 65.7 cm³/mol. The van der Waals surface area contributed by atoms with Crippen molar-refractivity contribution in [3.63, 3.8) is 0 Å². The van der Waals surface area contributed by atoms with Crippen LogP contribution in [0.4, 0.5) is 11.6 Å². The minimum atomic E-state index is -0.333. The van der Waals surface area contributed by atoms with Gasteiger partial charge in [0.15, 0.2) is 5.16 Å². The average Bonchev–Trinajstić information content (AvgIpc) is 2.28. The van der Waals surface area contributed by atoms with E-state index in [4.69, 9.17) is 5.73 Å². The minimum absolute atomic E-state index is 0.285. The van der Waals surface area contributed by atoms with E-state index in [1.165, 1.54) is 11.8 Å². The average molecular weight is 241 g/mol. The lowest BCUT2D eigenvalue weighted by atomic mass is 10.4. The highest BCUT2D eigenvalue weighted by Gasteiger charge is 2.02. The summed E-state index contributed by atoms with van der Waals surface area (Å²) in [5, 5.41) is 6.64. The van der Waals surface area contributed by atoms with Gasteiger partial charge in [-0.25, -0.2) is 9.97 Å². The van der Waals surface area contributed by atoms with Crippen molar-refractivity contribution < 1.29 is 4.79 Å². The monoisotopic (exact) mass is 241 g/mol. The van der Waals surface area contributed by atoms with Crippen LogP contribution in [0.1, 0.15) is 6.42 Å². The van der Waals surface area contributed by atoms with Gasteiger partial charge in [-0.2, -0.15) is 0 Å². The molecule has 1 aromatic heterocycles. The van der Waals surface area contributed by atoms with Gasteiger partial charge in [-0.05, 0) is 6.26 Å². The quantitative estimate of drug-likeness (QED) is 0.497. The van der Waals surface area contributed by atoms with Crippen molar-refractivity contribution in [2.24, 2.45) is 5.73 Å². The van der Waals surface area contributed by atoms with Crippen LogP contribution >= 0.6 is 11.8 Å². The fourth-order valence-electron chi connectivity index (χ4n) is 1.05. The highest BCUT2D eigenvalue weighted by atomic mass is 32.2. The molecule has 0 aliphatic rings. The van der Waals surface area contributed by atoms with E-state index in [0.717, 1.165) is 5.82 Å². The molecule has 0 spiro atoms. The van der Waals surface area contributed by atoms with Crippen LogP contribution in [0.2, 0.25) is 0 Å². The van der Waals surface area contributed by atoms with Crippen molar-refractivity contribution >= 4 is 29.3 Å². The summed E-state index contributed by atoms with van der Waals surface area (Å²) in [6.07, 6.45) is 2.19. The molecule has 0 radical (unpaired) electrons. The Balaban J connectivity index is 2.67. The van der Waals surface area contributed by atoms with E-state index in [0.29, 0.717) is 17.5 Å². The number of hydrogen-bond acceptors (Lipinski definition) is 6. The molecule has 6 nitrogen and oxygen atoms in total. The molecule has 0 aliphatic heterocycles. The molecule has 1 amide bonds. The Morgan fingerprint density at radius 2 is 2.19 bits per heavy atom. The fourth-order valence-corrected chi connectivity index (χ4v) is 1.43. The molecule has 0 saturated heterocycles. The van der Waals surface area contributed by atoms with Gasteiger partial charge in [-0.15, -0.1) is 0 Å². The number of carbonyl (C=O) groups is 1. The van der Waals surface area contributed by atoms with Crippen molar-refractivity contribution in [3.8, 4) is 0 Å². The van der Waals surface area contributed by atoms with Gasteiger partial charge < -0.3 is 16.4 Å². The molecule has 1 rings (SSSR count). The maximum absolute atomic E-state index is 10.6. The lowest BCUT2D eigenvalue weighted by Gasteiger charge is -2.07. The Hall–Kier alpha value is -1.50. The summed E-state index contributed by atoms with van der Waals surface area (Å²) in [4.78, 5) is 19.0. The first-order valence-corrected chi connectivity index (χ1v) is 6.01. The normalized spacial score (nSPS) is 9.88. The van der Waals surface area contributed by atoms with Crippen molar-refractivity contribution in [2.75, 3.05) is 30.5 Å². The number of carbonyl (C=O) groups excluding carboxylic acids is 1. The van der Waals surface area contributed by atoms with Gasteiger partial charge in [-0.1, -0.05) is 11.8 Å². The first-order chi connectivity index (χ1) is 7.65. The molecule has 16 heavy (non-hydrogen) atoms. The van der Waals surface area contributed by atoms with Crippen LogP contribution in [0.15, 0.2) is 11.2 Å².